The number of anilines is 1. The van der Waals surface area contributed by atoms with Gasteiger partial charge in [0.15, 0.2) is 17.3 Å². The van der Waals surface area contributed by atoms with Gasteiger partial charge in [0.25, 0.3) is 5.91 Å². The molecule has 0 aliphatic carbocycles. The SMILES string of the molecule is COc1cc(NC(=O)c2c(Br)cnn2C)c(C(C)=O)cc1OC. The zero-order valence-electron chi connectivity index (χ0n) is 13.1. The van der Waals surface area contributed by atoms with Crippen LogP contribution in [0, 0.1) is 0 Å². The molecule has 0 spiro atoms. The van der Waals surface area contributed by atoms with E-state index in [1.165, 1.54) is 38.1 Å². The summed E-state index contributed by atoms with van der Waals surface area (Å²) in [4.78, 5) is 24.3. The maximum Gasteiger partial charge on any atom is 0.275 e. The van der Waals surface area contributed by atoms with Gasteiger partial charge >= 0.3 is 0 Å². The highest BCUT2D eigenvalue weighted by atomic mass is 79.9. The van der Waals surface area contributed by atoms with Crippen molar-refractivity contribution < 1.29 is 19.1 Å². The van der Waals surface area contributed by atoms with Crippen LogP contribution in [0.4, 0.5) is 5.69 Å². The van der Waals surface area contributed by atoms with Crippen molar-refractivity contribution in [3.05, 3.63) is 34.1 Å². The third-order valence-corrected chi connectivity index (χ3v) is 3.84. The minimum atomic E-state index is -0.397. The average Bonchev–Trinajstić information content (AvgIpc) is 2.85. The number of aryl methyl sites for hydroxylation is 1. The fraction of sp³-hybridized carbons (Fsp3) is 0.267. The lowest BCUT2D eigenvalue weighted by Gasteiger charge is -2.14. The largest absolute Gasteiger partial charge is 0.493 e. The highest BCUT2D eigenvalue weighted by Gasteiger charge is 2.20. The smallest absolute Gasteiger partial charge is 0.275 e. The first-order chi connectivity index (χ1) is 10.9. The lowest BCUT2D eigenvalue weighted by atomic mass is 10.1. The van der Waals surface area contributed by atoms with Crippen molar-refractivity contribution >= 4 is 33.3 Å². The second-order valence-electron chi connectivity index (χ2n) is 4.73. The number of ether oxygens (including phenoxy) is 2. The first kappa shape index (κ1) is 17.0. The number of hydrogen-bond donors (Lipinski definition) is 1. The van der Waals surface area contributed by atoms with Gasteiger partial charge in [-0.25, -0.2) is 0 Å². The number of carbonyl (C=O) groups excluding carboxylic acids is 2. The van der Waals surface area contributed by atoms with Crippen molar-refractivity contribution in [3.63, 3.8) is 0 Å². The van der Waals surface area contributed by atoms with E-state index >= 15 is 0 Å². The molecule has 0 saturated heterocycles. The molecule has 2 aromatic rings. The first-order valence-corrected chi connectivity index (χ1v) is 7.44. The lowest BCUT2D eigenvalue weighted by Crippen LogP contribution is -2.18. The van der Waals surface area contributed by atoms with Gasteiger partial charge < -0.3 is 14.8 Å². The molecule has 1 aromatic heterocycles. The van der Waals surface area contributed by atoms with Crippen LogP contribution in [0.3, 0.4) is 0 Å². The van der Waals surface area contributed by atoms with Crippen LogP contribution in [0.5, 0.6) is 11.5 Å². The highest BCUT2D eigenvalue weighted by molar-refractivity contribution is 9.10. The van der Waals surface area contributed by atoms with Crippen molar-refractivity contribution in [3.8, 4) is 11.5 Å². The molecule has 0 atom stereocenters. The van der Waals surface area contributed by atoms with Gasteiger partial charge in [-0.05, 0) is 28.9 Å². The Hall–Kier alpha value is -2.35. The number of benzene rings is 1. The standard InChI is InChI=1S/C15H16BrN3O4/c1-8(20)9-5-12(22-3)13(23-4)6-11(9)18-15(21)14-10(16)7-17-19(14)2/h5-7H,1-4H3,(H,18,21). The molecule has 0 unspecified atom stereocenters. The maximum absolute atomic E-state index is 12.5. The fourth-order valence-electron chi connectivity index (χ4n) is 2.12. The molecule has 1 amide bonds. The number of Topliss-reactive ketones (excluding diaryl/α,β-unsaturated/α-hetero) is 1. The summed E-state index contributed by atoms with van der Waals surface area (Å²) in [5, 5.41) is 6.71. The number of ketones is 1. The number of amides is 1. The van der Waals surface area contributed by atoms with Crippen molar-refractivity contribution in [1.82, 2.24) is 9.78 Å². The monoisotopic (exact) mass is 381 g/mol. The molecule has 1 N–H and O–H groups in total. The molecule has 7 nitrogen and oxygen atoms in total. The third kappa shape index (κ3) is 3.37. The lowest BCUT2D eigenvalue weighted by molar-refractivity contribution is 0.101. The normalized spacial score (nSPS) is 10.3. The van der Waals surface area contributed by atoms with E-state index in [1.54, 1.807) is 13.1 Å². The van der Waals surface area contributed by atoms with E-state index < -0.39 is 5.91 Å². The van der Waals surface area contributed by atoms with Crippen LogP contribution in [0.15, 0.2) is 22.8 Å². The number of carbonyl (C=O) groups is 2. The summed E-state index contributed by atoms with van der Waals surface area (Å²) in [6.45, 7) is 1.41. The zero-order chi connectivity index (χ0) is 17.1. The minimum absolute atomic E-state index is 0.203. The van der Waals surface area contributed by atoms with Gasteiger partial charge in [-0.3, -0.25) is 14.3 Å². The van der Waals surface area contributed by atoms with E-state index in [2.05, 4.69) is 26.3 Å². The number of halogens is 1. The van der Waals surface area contributed by atoms with Gasteiger partial charge in [-0.1, -0.05) is 0 Å². The quantitative estimate of drug-likeness (QED) is 0.804. The third-order valence-electron chi connectivity index (χ3n) is 3.26. The van der Waals surface area contributed by atoms with Crippen LogP contribution in [-0.4, -0.2) is 35.7 Å². The number of aromatic nitrogens is 2. The number of rotatable bonds is 5. The molecule has 122 valence electrons. The molecular formula is C15H16BrN3O4. The second-order valence-corrected chi connectivity index (χ2v) is 5.58. The molecule has 0 bridgehead atoms. The summed E-state index contributed by atoms with van der Waals surface area (Å²) >= 11 is 3.27. The Balaban J connectivity index is 2.46. The zero-order valence-corrected chi connectivity index (χ0v) is 14.7. The van der Waals surface area contributed by atoms with Gasteiger partial charge in [-0.15, -0.1) is 0 Å². The molecule has 2 rings (SSSR count). The summed E-state index contributed by atoms with van der Waals surface area (Å²) < 4.78 is 12.4. The molecule has 8 heteroatoms. The molecular weight excluding hydrogens is 366 g/mol. The van der Waals surface area contributed by atoms with E-state index in [-0.39, 0.29) is 5.78 Å². The summed E-state index contributed by atoms with van der Waals surface area (Å²) in [5.41, 5.74) is 1.01. The molecule has 0 fully saturated rings. The van der Waals surface area contributed by atoms with Gasteiger partial charge in [0.1, 0.15) is 5.69 Å². The molecule has 0 saturated carbocycles. The van der Waals surface area contributed by atoms with Crippen molar-refractivity contribution in [2.75, 3.05) is 19.5 Å². The minimum Gasteiger partial charge on any atom is -0.493 e. The second kappa shape index (κ2) is 6.82. The first-order valence-electron chi connectivity index (χ1n) is 6.64. The Morgan fingerprint density at radius 3 is 2.30 bits per heavy atom. The molecule has 0 aliphatic heterocycles. The van der Waals surface area contributed by atoms with Crippen molar-refractivity contribution in [2.24, 2.45) is 7.05 Å². The average molecular weight is 382 g/mol. The Morgan fingerprint density at radius 1 is 1.22 bits per heavy atom. The summed E-state index contributed by atoms with van der Waals surface area (Å²) in [5.74, 6) is 0.228. The van der Waals surface area contributed by atoms with Gasteiger partial charge in [0, 0.05) is 18.7 Å². The molecule has 1 heterocycles. The van der Waals surface area contributed by atoms with E-state index in [4.69, 9.17) is 9.47 Å². The number of nitrogens with zero attached hydrogens (tertiary/aromatic N) is 2. The van der Waals surface area contributed by atoms with Gasteiger partial charge in [0.2, 0.25) is 0 Å². The Kier molecular flexibility index (Phi) is 5.05. The molecule has 0 aliphatic rings. The van der Waals surface area contributed by atoms with Gasteiger partial charge in [-0.2, -0.15) is 5.10 Å². The summed E-state index contributed by atoms with van der Waals surface area (Å²) in [6, 6.07) is 3.09. The van der Waals surface area contributed by atoms with Crippen LogP contribution in [0.25, 0.3) is 0 Å². The Labute approximate surface area is 141 Å². The predicted molar refractivity (Wildman–Crippen MR) is 88.4 cm³/mol. The summed E-state index contributed by atoms with van der Waals surface area (Å²) in [6.07, 6.45) is 1.52. The van der Waals surface area contributed by atoms with E-state index in [1.807, 2.05) is 0 Å². The van der Waals surface area contributed by atoms with Crippen LogP contribution < -0.4 is 14.8 Å². The Morgan fingerprint density at radius 2 is 1.83 bits per heavy atom. The fourth-order valence-corrected chi connectivity index (χ4v) is 2.65. The van der Waals surface area contributed by atoms with Crippen molar-refractivity contribution in [2.45, 2.75) is 6.92 Å². The van der Waals surface area contributed by atoms with E-state index in [0.29, 0.717) is 32.9 Å². The number of hydrogen-bond acceptors (Lipinski definition) is 5. The number of methoxy groups -OCH3 is 2. The van der Waals surface area contributed by atoms with Crippen molar-refractivity contribution in [1.29, 1.82) is 0 Å². The summed E-state index contributed by atoms with van der Waals surface area (Å²) in [7, 11) is 4.61. The molecule has 23 heavy (non-hydrogen) atoms. The molecule has 0 radical (unpaired) electrons. The highest BCUT2D eigenvalue weighted by Crippen LogP contribution is 2.34. The van der Waals surface area contributed by atoms with E-state index in [0.717, 1.165) is 0 Å². The van der Waals surface area contributed by atoms with Gasteiger partial charge in [0.05, 0.1) is 30.6 Å². The van der Waals surface area contributed by atoms with Crippen LogP contribution in [0.2, 0.25) is 0 Å². The van der Waals surface area contributed by atoms with Crippen LogP contribution in [-0.2, 0) is 7.05 Å². The topological polar surface area (TPSA) is 82.5 Å². The van der Waals surface area contributed by atoms with E-state index in [9.17, 15) is 9.59 Å². The number of nitrogens with one attached hydrogen (secondary N) is 1. The van der Waals surface area contributed by atoms with Crippen LogP contribution >= 0.6 is 15.9 Å². The van der Waals surface area contributed by atoms with Crippen LogP contribution in [0.1, 0.15) is 27.8 Å². The predicted octanol–water partition coefficient (Wildman–Crippen LogP) is 2.65. The Bertz CT molecular complexity index is 751. The maximum atomic E-state index is 12.5. The molecule has 1 aromatic carbocycles.